The van der Waals surface area contributed by atoms with Crippen LogP contribution in [0.4, 0.5) is 9.59 Å². The molecule has 0 saturated carbocycles. The average Bonchev–Trinajstić information content (AvgIpc) is 2.99. The lowest BCUT2D eigenvalue weighted by Crippen LogP contribution is -2.50. The molecule has 6 atom stereocenters. The van der Waals surface area contributed by atoms with E-state index < -0.39 is 85.0 Å². The van der Waals surface area contributed by atoms with Crippen LogP contribution >= 0.6 is 0 Å². The predicted molar refractivity (Wildman–Crippen MR) is 173 cm³/mol. The molecule has 0 spiro atoms. The standard InChI is InChI=1S/C34H48N2O12/c1-33(2,3)47-31(43)35-23(17-21-13-9-7-10-14-21)29(41)45-19-25(37)27(39)28(40)26(38)20-46-30(42)24(18-22-15-11-8-12-16-22)36-32(44)48-34(4,5)6/h7-16,23-28,37-40H,17-20H2,1-6H3,(H,35,43)(H,36,44)/t23-,24-,25+,26+,27+,28+/m0/s1. The molecule has 48 heavy (non-hydrogen) atoms. The molecule has 14 heteroatoms. The van der Waals surface area contributed by atoms with Crippen molar-refractivity contribution in [2.75, 3.05) is 13.2 Å². The molecule has 2 aromatic carbocycles. The predicted octanol–water partition coefficient (Wildman–Crippen LogP) is 1.79. The summed E-state index contributed by atoms with van der Waals surface area (Å²) in [6, 6.07) is 15.0. The van der Waals surface area contributed by atoms with Crippen LogP contribution in [0.25, 0.3) is 0 Å². The van der Waals surface area contributed by atoms with Crippen molar-refractivity contribution in [2.24, 2.45) is 0 Å². The van der Waals surface area contributed by atoms with Crippen LogP contribution in [-0.2, 0) is 41.4 Å². The highest BCUT2D eigenvalue weighted by molar-refractivity contribution is 5.82. The normalized spacial score (nSPS) is 15.5. The van der Waals surface area contributed by atoms with Crippen LogP contribution in [0.3, 0.4) is 0 Å². The van der Waals surface area contributed by atoms with E-state index >= 15 is 0 Å². The van der Waals surface area contributed by atoms with Gasteiger partial charge in [-0.15, -0.1) is 0 Å². The van der Waals surface area contributed by atoms with E-state index in [1.165, 1.54) is 0 Å². The number of hydrogen-bond donors (Lipinski definition) is 6. The topological polar surface area (TPSA) is 210 Å². The highest BCUT2D eigenvalue weighted by Crippen LogP contribution is 2.13. The maximum absolute atomic E-state index is 12.9. The van der Waals surface area contributed by atoms with Crippen molar-refractivity contribution in [2.45, 2.75) is 102 Å². The minimum Gasteiger partial charge on any atom is -0.461 e. The highest BCUT2D eigenvalue weighted by atomic mass is 16.6. The van der Waals surface area contributed by atoms with Crippen molar-refractivity contribution < 1.29 is 58.6 Å². The second-order valence-corrected chi connectivity index (χ2v) is 13.2. The number of alkyl carbamates (subject to hydrolysis) is 2. The first-order chi connectivity index (χ1) is 22.3. The van der Waals surface area contributed by atoms with Gasteiger partial charge in [-0.1, -0.05) is 60.7 Å². The number of hydrogen-bond acceptors (Lipinski definition) is 12. The van der Waals surface area contributed by atoms with Gasteiger partial charge in [-0.05, 0) is 52.7 Å². The van der Waals surface area contributed by atoms with Crippen LogP contribution in [0, 0.1) is 0 Å². The number of esters is 2. The van der Waals surface area contributed by atoms with E-state index in [0.717, 1.165) is 0 Å². The third kappa shape index (κ3) is 15.1. The third-order valence-corrected chi connectivity index (χ3v) is 6.45. The lowest BCUT2D eigenvalue weighted by molar-refractivity contribution is -0.164. The zero-order valence-electron chi connectivity index (χ0n) is 28.1. The highest BCUT2D eigenvalue weighted by Gasteiger charge is 2.34. The van der Waals surface area contributed by atoms with Crippen molar-refractivity contribution in [3.05, 3.63) is 71.8 Å². The Morgan fingerprint density at radius 3 is 1.19 bits per heavy atom. The third-order valence-electron chi connectivity index (χ3n) is 6.45. The molecule has 0 aromatic heterocycles. The summed E-state index contributed by atoms with van der Waals surface area (Å²) < 4.78 is 20.7. The number of carbonyl (C=O) groups excluding carboxylic acids is 4. The van der Waals surface area contributed by atoms with Gasteiger partial charge in [-0.2, -0.15) is 0 Å². The van der Waals surface area contributed by atoms with Crippen LogP contribution in [0.15, 0.2) is 60.7 Å². The molecule has 0 aliphatic heterocycles. The summed E-state index contributed by atoms with van der Waals surface area (Å²) in [6.07, 6.45) is -9.55. The van der Waals surface area contributed by atoms with Gasteiger partial charge in [0.05, 0.1) is 0 Å². The summed E-state index contributed by atoms with van der Waals surface area (Å²) in [4.78, 5) is 50.6. The summed E-state index contributed by atoms with van der Waals surface area (Å²) in [6.45, 7) is 8.28. The van der Waals surface area contributed by atoms with Crippen molar-refractivity contribution in [1.29, 1.82) is 0 Å². The molecule has 266 valence electrons. The van der Waals surface area contributed by atoms with Crippen molar-refractivity contribution in [3.63, 3.8) is 0 Å². The van der Waals surface area contributed by atoms with Gasteiger partial charge >= 0.3 is 24.1 Å². The lowest BCUT2D eigenvalue weighted by Gasteiger charge is -2.27. The van der Waals surface area contributed by atoms with Crippen LogP contribution in [0.2, 0.25) is 0 Å². The lowest BCUT2D eigenvalue weighted by atomic mass is 10.0. The van der Waals surface area contributed by atoms with Crippen molar-refractivity contribution >= 4 is 24.1 Å². The number of ether oxygens (including phenoxy) is 4. The molecule has 0 aliphatic rings. The smallest absolute Gasteiger partial charge is 0.408 e. The second-order valence-electron chi connectivity index (χ2n) is 13.2. The van der Waals surface area contributed by atoms with Crippen LogP contribution < -0.4 is 10.6 Å². The molecule has 2 rings (SSSR count). The Hall–Kier alpha value is -4.24. The summed E-state index contributed by atoms with van der Waals surface area (Å²) in [7, 11) is 0. The Kier molecular flexibility index (Phi) is 15.3. The van der Waals surface area contributed by atoms with Gasteiger partial charge in [-0.3, -0.25) is 0 Å². The van der Waals surface area contributed by atoms with Crippen LogP contribution in [0.1, 0.15) is 52.7 Å². The van der Waals surface area contributed by atoms with Gasteiger partial charge < -0.3 is 50.0 Å². The molecule has 0 bridgehead atoms. The summed E-state index contributed by atoms with van der Waals surface area (Å²) in [5.41, 5.74) is -0.296. The monoisotopic (exact) mass is 676 g/mol. The number of rotatable bonds is 15. The number of benzene rings is 2. The molecule has 2 amide bonds. The molecule has 14 nitrogen and oxygen atoms in total. The first kappa shape index (κ1) is 39.9. The van der Waals surface area contributed by atoms with Crippen molar-refractivity contribution in [1.82, 2.24) is 10.6 Å². The van der Waals surface area contributed by atoms with E-state index in [9.17, 15) is 39.6 Å². The molecular formula is C34H48N2O12. The zero-order valence-corrected chi connectivity index (χ0v) is 28.1. The van der Waals surface area contributed by atoms with E-state index in [1.54, 1.807) is 102 Å². The maximum Gasteiger partial charge on any atom is 0.408 e. The molecule has 2 aromatic rings. The van der Waals surface area contributed by atoms with E-state index in [-0.39, 0.29) is 12.8 Å². The minimum absolute atomic E-state index is 0.0261. The SMILES string of the molecule is CC(C)(C)OC(=O)N[C@@H](Cc1ccccc1)C(=O)OC[C@@H](O)[C@@H](O)[C@H](O)[C@H](O)COC(=O)[C@H](Cc1ccccc1)NC(=O)OC(C)(C)C. The van der Waals surface area contributed by atoms with Gasteiger partial charge in [0.1, 0.15) is 60.9 Å². The Balaban J connectivity index is 1.98. The van der Waals surface area contributed by atoms with Gasteiger partial charge in [-0.25, -0.2) is 19.2 Å². The van der Waals surface area contributed by atoms with Gasteiger partial charge in [0.15, 0.2) is 0 Å². The fourth-order valence-electron chi connectivity index (χ4n) is 4.17. The minimum atomic E-state index is -2.04. The Morgan fingerprint density at radius 1 is 0.583 bits per heavy atom. The van der Waals surface area contributed by atoms with Crippen LogP contribution in [-0.4, -0.2) is 105 Å². The average molecular weight is 677 g/mol. The molecule has 0 heterocycles. The van der Waals surface area contributed by atoms with Gasteiger partial charge in [0.25, 0.3) is 0 Å². The second kappa shape index (κ2) is 18.3. The van der Waals surface area contributed by atoms with Crippen LogP contribution in [0.5, 0.6) is 0 Å². The maximum atomic E-state index is 12.9. The summed E-state index contributed by atoms with van der Waals surface area (Å²) in [5, 5.41) is 46.7. The first-order valence-electron chi connectivity index (χ1n) is 15.5. The van der Waals surface area contributed by atoms with E-state index in [0.29, 0.717) is 11.1 Å². The number of amides is 2. The molecule has 0 fully saturated rings. The van der Waals surface area contributed by atoms with E-state index in [4.69, 9.17) is 18.9 Å². The largest absolute Gasteiger partial charge is 0.461 e. The van der Waals surface area contributed by atoms with Gasteiger partial charge in [0, 0.05) is 12.8 Å². The van der Waals surface area contributed by atoms with Gasteiger partial charge in [0.2, 0.25) is 0 Å². The Labute approximate surface area is 280 Å². The molecule has 0 radical (unpaired) electrons. The zero-order chi connectivity index (χ0) is 36.1. The molecule has 6 N–H and O–H groups in total. The van der Waals surface area contributed by atoms with Crippen molar-refractivity contribution in [3.8, 4) is 0 Å². The molecule has 0 aliphatic carbocycles. The summed E-state index contributed by atoms with van der Waals surface area (Å²) >= 11 is 0. The Bertz CT molecular complexity index is 1210. The molecular weight excluding hydrogens is 628 g/mol. The summed E-state index contributed by atoms with van der Waals surface area (Å²) in [5.74, 6) is -1.91. The molecule has 0 unspecified atom stereocenters. The number of aliphatic hydroxyl groups is 4. The van der Waals surface area contributed by atoms with E-state index in [2.05, 4.69) is 10.6 Å². The quantitative estimate of drug-likeness (QED) is 0.118. The molecule has 0 saturated heterocycles. The van der Waals surface area contributed by atoms with E-state index in [1.807, 2.05) is 0 Å². The fourth-order valence-corrected chi connectivity index (χ4v) is 4.17. The fraction of sp³-hybridized carbons (Fsp3) is 0.529. The number of nitrogens with one attached hydrogen (secondary N) is 2. The Morgan fingerprint density at radius 2 is 0.896 bits per heavy atom. The number of carbonyl (C=O) groups is 4. The number of aliphatic hydroxyl groups excluding tert-OH is 4. The first-order valence-corrected chi connectivity index (χ1v) is 15.5.